The van der Waals surface area contributed by atoms with Crippen LogP contribution >= 0.6 is 11.6 Å². The van der Waals surface area contributed by atoms with E-state index in [0.717, 1.165) is 6.26 Å². The lowest BCUT2D eigenvalue weighted by Crippen LogP contribution is -1.79. The largest absolute Gasteiger partial charge is 0.423 e. The van der Waals surface area contributed by atoms with E-state index in [0.29, 0.717) is 0 Å². The van der Waals surface area contributed by atoms with Crippen molar-refractivity contribution in [1.82, 2.24) is 0 Å². The summed E-state index contributed by atoms with van der Waals surface area (Å²) in [5, 5.41) is 0. The van der Waals surface area contributed by atoms with Gasteiger partial charge in [-0.3, -0.25) is 0 Å². The Hall–Kier alpha value is -1.28. The third kappa shape index (κ3) is 8.63. The first-order valence-corrected chi connectivity index (χ1v) is 4.03. The molecule has 0 amide bonds. The zero-order chi connectivity index (χ0) is 10.1. The average Bonchev–Trinajstić information content (AvgIpc) is 2.06. The number of hydrogen-bond donors (Lipinski definition) is 0. The number of carbonyl (C=O) groups is 1. The standard InChI is InChI=1S/C7H8.C3H3ClO2/c1-7-5-3-2-4-6-7;1-2-6-3(4)5/h2-6H,1H3;2H,1H2. The molecule has 0 fully saturated rings. The lowest BCUT2D eigenvalue weighted by atomic mass is 10.2. The highest BCUT2D eigenvalue weighted by Gasteiger charge is 1.83. The Morgan fingerprint density at radius 2 is 2.00 bits per heavy atom. The minimum atomic E-state index is -0.856. The van der Waals surface area contributed by atoms with Gasteiger partial charge in [-0.1, -0.05) is 42.5 Å². The molecule has 0 aliphatic heterocycles. The third-order valence-electron chi connectivity index (χ3n) is 1.12. The number of rotatable bonds is 1. The molecule has 0 radical (unpaired) electrons. The Kier molecular flexibility index (Phi) is 6.65. The molecule has 70 valence electrons. The van der Waals surface area contributed by atoms with Gasteiger partial charge in [0.2, 0.25) is 0 Å². The Labute approximate surface area is 82.8 Å². The highest BCUT2D eigenvalue weighted by Crippen LogP contribution is 1.92. The van der Waals surface area contributed by atoms with Gasteiger partial charge in [-0.05, 0) is 6.92 Å². The molecule has 0 heterocycles. The first-order valence-electron chi connectivity index (χ1n) is 3.65. The molecule has 0 unspecified atom stereocenters. The molecule has 0 aromatic heterocycles. The van der Waals surface area contributed by atoms with Gasteiger partial charge in [0.05, 0.1) is 6.26 Å². The fourth-order valence-electron chi connectivity index (χ4n) is 0.600. The molecular formula is C10H11ClO2. The zero-order valence-corrected chi connectivity index (χ0v) is 8.12. The summed E-state index contributed by atoms with van der Waals surface area (Å²) in [6, 6.07) is 10.3. The second kappa shape index (κ2) is 7.37. The second-order valence-electron chi connectivity index (χ2n) is 2.18. The summed E-state index contributed by atoms with van der Waals surface area (Å²) in [4.78, 5) is 9.52. The van der Waals surface area contributed by atoms with Gasteiger partial charge < -0.3 is 4.74 Å². The van der Waals surface area contributed by atoms with Crippen molar-refractivity contribution in [2.75, 3.05) is 0 Å². The van der Waals surface area contributed by atoms with Crippen molar-refractivity contribution >= 4 is 17.0 Å². The highest BCUT2D eigenvalue weighted by atomic mass is 35.5. The maximum Gasteiger partial charge on any atom is 0.408 e. The van der Waals surface area contributed by atoms with Crippen LogP contribution in [0.3, 0.4) is 0 Å². The number of ether oxygens (including phenoxy) is 1. The summed E-state index contributed by atoms with van der Waals surface area (Å²) >= 11 is 4.65. The van der Waals surface area contributed by atoms with E-state index < -0.39 is 5.43 Å². The number of carbonyl (C=O) groups excluding carboxylic acids is 1. The fraction of sp³-hybridized carbons (Fsp3) is 0.100. The molecule has 2 nitrogen and oxygen atoms in total. The molecule has 0 spiro atoms. The maximum absolute atomic E-state index is 9.52. The normalized spacial score (nSPS) is 7.85. The van der Waals surface area contributed by atoms with Gasteiger partial charge in [0.25, 0.3) is 0 Å². The van der Waals surface area contributed by atoms with Gasteiger partial charge in [-0.15, -0.1) is 0 Å². The summed E-state index contributed by atoms with van der Waals surface area (Å²) < 4.78 is 3.93. The number of hydrogen-bond acceptors (Lipinski definition) is 2. The topological polar surface area (TPSA) is 26.3 Å². The van der Waals surface area contributed by atoms with Crippen molar-refractivity contribution in [3.63, 3.8) is 0 Å². The van der Waals surface area contributed by atoms with E-state index in [-0.39, 0.29) is 0 Å². The van der Waals surface area contributed by atoms with E-state index >= 15 is 0 Å². The first kappa shape index (κ1) is 11.7. The number of aryl methyl sites for hydroxylation is 1. The molecule has 1 aromatic rings. The van der Waals surface area contributed by atoms with Crippen LogP contribution in [0.2, 0.25) is 0 Å². The van der Waals surface area contributed by atoms with Crippen LogP contribution in [0.15, 0.2) is 43.2 Å². The van der Waals surface area contributed by atoms with Crippen molar-refractivity contribution in [2.45, 2.75) is 6.92 Å². The summed E-state index contributed by atoms with van der Waals surface area (Å²) in [6.07, 6.45) is 0.968. The molecule has 0 N–H and O–H groups in total. The van der Waals surface area contributed by atoms with Gasteiger partial charge >= 0.3 is 5.43 Å². The predicted octanol–water partition coefficient (Wildman–Crippen LogP) is 3.50. The first-order chi connectivity index (χ1) is 6.16. The van der Waals surface area contributed by atoms with Crippen LogP contribution in [-0.2, 0) is 4.74 Å². The summed E-state index contributed by atoms with van der Waals surface area (Å²) in [5.74, 6) is 0. The maximum atomic E-state index is 9.52. The minimum Gasteiger partial charge on any atom is -0.423 e. The number of halogens is 1. The molecule has 1 rings (SSSR count). The van der Waals surface area contributed by atoms with Gasteiger partial charge in [0.1, 0.15) is 0 Å². The summed E-state index contributed by atoms with van der Waals surface area (Å²) in [6.45, 7) is 5.16. The van der Waals surface area contributed by atoms with Crippen LogP contribution in [0.1, 0.15) is 5.56 Å². The molecule has 1 aromatic carbocycles. The molecule has 13 heavy (non-hydrogen) atoms. The van der Waals surface area contributed by atoms with Crippen LogP contribution in [0.25, 0.3) is 0 Å². The summed E-state index contributed by atoms with van der Waals surface area (Å²) in [5.41, 5.74) is 0.465. The van der Waals surface area contributed by atoms with E-state index in [9.17, 15) is 4.79 Å². The third-order valence-corrected chi connectivity index (χ3v) is 1.21. The SMILES string of the molecule is C=COC(=O)Cl.Cc1ccccc1. The predicted molar refractivity (Wildman–Crippen MR) is 53.7 cm³/mol. The van der Waals surface area contributed by atoms with Crippen LogP contribution in [0, 0.1) is 6.92 Å². The molecule has 0 aliphatic carbocycles. The average molecular weight is 199 g/mol. The van der Waals surface area contributed by atoms with Gasteiger partial charge in [-0.25, -0.2) is 4.79 Å². The van der Waals surface area contributed by atoms with Crippen molar-refractivity contribution < 1.29 is 9.53 Å². The molecule has 0 atom stereocenters. The lowest BCUT2D eigenvalue weighted by molar-refractivity contribution is 0.212. The molecular weight excluding hydrogens is 188 g/mol. The fourth-order valence-corrected chi connectivity index (χ4v) is 0.663. The van der Waals surface area contributed by atoms with Crippen LogP contribution in [-0.4, -0.2) is 5.43 Å². The van der Waals surface area contributed by atoms with Crippen LogP contribution < -0.4 is 0 Å². The number of benzene rings is 1. The Morgan fingerprint density at radius 3 is 2.15 bits per heavy atom. The molecule has 0 aliphatic rings. The summed E-state index contributed by atoms with van der Waals surface area (Å²) in [7, 11) is 0. The molecule has 0 bridgehead atoms. The zero-order valence-electron chi connectivity index (χ0n) is 7.37. The van der Waals surface area contributed by atoms with Crippen molar-refractivity contribution in [3.8, 4) is 0 Å². The van der Waals surface area contributed by atoms with E-state index in [1.165, 1.54) is 5.56 Å². The Bertz CT molecular complexity index is 257. The van der Waals surface area contributed by atoms with Crippen molar-refractivity contribution in [2.24, 2.45) is 0 Å². The van der Waals surface area contributed by atoms with E-state index in [1.54, 1.807) is 0 Å². The van der Waals surface area contributed by atoms with Crippen molar-refractivity contribution in [3.05, 3.63) is 48.7 Å². The lowest BCUT2D eigenvalue weighted by Gasteiger charge is -1.82. The van der Waals surface area contributed by atoms with Crippen LogP contribution in [0.5, 0.6) is 0 Å². The molecule has 0 saturated heterocycles. The van der Waals surface area contributed by atoms with E-state index in [4.69, 9.17) is 0 Å². The monoisotopic (exact) mass is 198 g/mol. The molecule has 0 saturated carbocycles. The van der Waals surface area contributed by atoms with E-state index in [1.807, 2.05) is 18.2 Å². The Balaban J connectivity index is 0.000000226. The quantitative estimate of drug-likeness (QED) is 0.510. The van der Waals surface area contributed by atoms with Gasteiger partial charge in [0.15, 0.2) is 0 Å². The second-order valence-corrected chi connectivity index (χ2v) is 2.49. The van der Waals surface area contributed by atoms with E-state index in [2.05, 4.69) is 42.0 Å². The Morgan fingerprint density at radius 1 is 1.46 bits per heavy atom. The van der Waals surface area contributed by atoms with Gasteiger partial charge in [-0.2, -0.15) is 0 Å². The van der Waals surface area contributed by atoms with Crippen molar-refractivity contribution in [1.29, 1.82) is 0 Å². The smallest absolute Gasteiger partial charge is 0.408 e. The molecule has 3 heteroatoms. The van der Waals surface area contributed by atoms with Gasteiger partial charge in [0, 0.05) is 11.6 Å². The minimum absolute atomic E-state index is 0.856. The van der Waals surface area contributed by atoms with Crippen LogP contribution in [0.4, 0.5) is 4.79 Å². The highest BCUT2D eigenvalue weighted by molar-refractivity contribution is 6.61.